The number of nitrogens with zero attached hydrogens (tertiary/aromatic N) is 2. The average molecular weight is 569 g/mol. The molecule has 0 fully saturated rings. The van der Waals surface area contributed by atoms with Crippen LogP contribution in [0.4, 0.5) is 0 Å². The van der Waals surface area contributed by atoms with Crippen LogP contribution in [0.15, 0.2) is 140 Å². The molecule has 0 radical (unpaired) electrons. The van der Waals surface area contributed by atoms with E-state index in [0.717, 1.165) is 12.8 Å². The number of hydrogen-bond donors (Lipinski definition) is 0. The lowest BCUT2D eigenvalue weighted by Crippen LogP contribution is -2.00. The molecule has 3 heterocycles. The van der Waals surface area contributed by atoms with Crippen molar-refractivity contribution in [2.45, 2.75) is 12.8 Å². The minimum absolute atomic E-state index is 1.11. The Morgan fingerprint density at radius 1 is 0.465 bits per heavy atom. The zero-order valence-electron chi connectivity index (χ0n) is 23.6. The van der Waals surface area contributed by atoms with Crippen LogP contribution in [0.1, 0.15) is 17.7 Å². The molecule has 0 N–H and O–H groups in total. The molecule has 3 heteroatoms. The molecule has 0 spiro atoms. The Bertz CT molecular complexity index is 2270. The van der Waals surface area contributed by atoms with Gasteiger partial charge in [0, 0.05) is 43.0 Å². The van der Waals surface area contributed by atoms with Gasteiger partial charge in [0.25, 0.3) is 0 Å². The maximum absolute atomic E-state index is 2.42. The fourth-order valence-electron chi connectivity index (χ4n) is 6.86. The minimum Gasteiger partial charge on any atom is -0.310 e. The van der Waals surface area contributed by atoms with Crippen LogP contribution in [0, 0.1) is 0 Å². The molecule has 0 bridgehead atoms. The topological polar surface area (TPSA) is 9.86 Å². The van der Waals surface area contributed by atoms with E-state index in [9.17, 15) is 0 Å². The van der Waals surface area contributed by atoms with Crippen molar-refractivity contribution in [1.82, 2.24) is 9.13 Å². The molecule has 8 aromatic rings. The summed E-state index contributed by atoms with van der Waals surface area (Å²) < 4.78 is 4.79. The van der Waals surface area contributed by atoms with Crippen LogP contribution in [0.5, 0.6) is 0 Å². The van der Waals surface area contributed by atoms with Crippen LogP contribution >= 0.6 is 11.3 Å². The Labute approximate surface area is 254 Å². The third kappa shape index (κ3) is 3.86. The van der Waals surface area contributed by atoms with E-state index < -0.39 is 0 Å². The summed E-state index contributed by atoms with van der Waals surface area (Å²) in [5.74, 6) is 0. The molecule has 0 saturated heterocycles. The number of fused-ring (bicyclic) bond motifs is 6. The van der Waals surface area contributed by atoms with Crippen molar-refractivity contribution < 1.29 is 0 Å². The first-order valence-electron chi connectivity index (χ1n) is 14.9. The molecule has 0 saturated carbocycles. The quantitative estimate of drug-likeness (QED) is 0.200. The highest BCUT2D eigenvalue weighted by Gasteiger charge is 2.18. The molecular formula is C40H28N2S. The van der Waals surface area contributed by atoms with Gasteiger partial charge in [-0.15, -0.1) is 11.3 Å². The number of aryl methyl sites for hydroxylation is 1. The summed E-state index contributed by atoms with van der Waals surface area (Å²) >= 11 is 1.85. The Balaban J connectivity index is 1.04. The summed E-state index contributed by atoms with van der Waals surface area (Å²) in [6.45, 7) is 0. The molecule has 9 rings (SSSR count). The van der Waals surface area contributed by atoms with E-state index in [1.807, 2.05) is 11.3 Å². The Kier molecular flexibility index (Phi) is 5.53. The molecule has 1 aliphatic carbocycles. The monoisotopic (exact) mass is 568 g/mol. The van der Waals surface area contributed by atoms with Gasteiger partial charge in [-0.3, -0.25) is 0 Å². The number of thiophene rings is 1. The molecule has 3 aromatic heterocycles. The SMILES string of the molecule is C1=Cc2c(c3ccccc3n2-c2ccc(-c3ccc(-c4ccc(-n5c6ccccc6c6ccccc65)cc4)s3)cc2)CC1. The van der Waals surface area contributed by atoms with E-state index in [4.69, 9.17) is 0 Å². The van der Waals surface area contributed by atoms with Crippen LogP contribution in [0.2, 0.25) is 0 Å². The maximum Gasteiger partial charge on any atom is 0.0541 e. The molecule has 0 aliphatic heterocycles. The lowest BCUT2D eigenvalue weighted by atomic mass is 10.0. The van der Waals surface area contributed by atoms with Gasteiger partial charge in [0.1, 0.15) is 0 Å². The summed E-state index contributed by atoms with van der Waals surface area (Å²) in [7, 11) is 0. The third-order valence-corrected chi connectivity index (χ3v) is 10.0. The summed E-state index contributed by atoms with van der Waals surface area (Å²) in [4.78, 5) is 2.57. The van der Waals surface area contributed by atoms with Crippen LogP contribution in [0.3, 0.4) is 0 Å². The highest BCUT2D eigenvalue weighted by Crippen LogP contribution is 2.38. The number of benzene rings is 5. The first-order valence-corrected chi connectivity index (χ1v) is 15.7. The molecule has 204 valence electrons. The van der Waals surface area contributed by atoms with Gasteiger partial charge in [0.2, 0.25) is 0 Å². The van der Waals surface area contributed by atoms with E-state index in [1.54, 1.807) is 0 Å². The second-order valence-electron chi connectivity index (χ2n) is 11.3. The first-order chi connectivity index (χ1) is 21.3. The van der Waals surface area contributed by atoms with E-state index in [1.165, 1.54) is 76.2 Å². The van der Waals surface area contributed by atoms with Gasteiger partial charge in [0.15, 0.2) is 0 Å². The minimum atomic E-state index is 1.11. The molecule has 1 aliphatic rings. The fraction of sp³-hybridized carbons (Fsp3) is 0.0500. The highest BCUT2D eigenvalue weighted by molar-refractivity contribution is 7.18. The van der Waals surface area contributed by atoms with Gasteiger partial charge < -0.3 is 9.13 Å². The lowest BCUT2D eigenvalue weighted by molar-refractivity contribution is 0.967. The fourth-order valence-corrected chi connectivity index (χ4v) is 7.88. The largest absolute Gasteiger partial charge is 0.310 e. The van der Waals surface area contributed by atoms with E-state index in [2.05, 4.69) is 155 Å². The summed E-state index contributed by atoms with van der Waals surface area (Å²) in [6, 6.07) is 48.7. The van der Waals surface area contributed by atoms with Crippen molar-refractivity contribution in [3.05, 3.63) is 151 Å². The van der Waals surface area contributed by atoms with E-state index in [-0.39, 0.29) is 0 Å². The van der Waals surface area contributed by atoms with Gasteiger partial charge in [-0.1, -0.05) is 84.9 Å². The zero-order chi connectivity index (χ0) is 28.3. The Morgan fingerprint density at radius 3 is 1.53 bits per heavy atom. The average Bonchev–Trinajstić information content (AvgIpc) is 3.78. The van der Waals surface area contributed by atoms with Crippen molar-refractivity contribution >= 4 is 50.1 Å². The first kappa shape index (κ1) is 24.5. The van der Waals surface area contributed by atoms with Crippen LogP contribution in [-0.4, -0.2) is 9.13 Å². The Morgan fingerprint density at radius 2 is 0.953 bits per heavy atom. The predicted octanol–water partition coefficient (Wildman–Crippen LogP) is 11.1. The molecule has 0 unspecified atom stereocenters. The van der Waals surface area contributed by atoms with Crippen molar-refractivity contribution in [2.75, 3.05) is 0 Å². The normalized spacial score (nSPS) is 12.8. The van der Waals surface area contributed by atoms with Gasteiger partial charge in [-0.05, 0) is 90.2 Å². The van der Waals surface area contributed by atoms with Crippen molar-refractivity contribution in [3.8, 4) is 32.3 Å². The molecule has 5 aromatic carbocycles. The van der Waals surface area contributed by atoms with Gasteiger partial charge in [-0.25, -0.2) is 0 Å². The van der Waals surface area contributed by atoms with Crippen LogP contribution in [0.25, 0.3) is 71.0 Å². The van der Waals surface area contributed by atoms with E-state index >= 15 is 0 Å². The summed E-state index contributed by atoms with van der Waals surface area (Å²) in [6.07, 6.45) is 6.82. The van der Waals surface area contributed by atoms with Crippen molar-refractivity contribution in [1.29, 1.82) is 0 Å². The lowest BCUT2D eigenvalue weighted by Gasteiger charge is -2.12. The third-order valence-electron chi connectivity index (χ3n) is 8.86. The van der Waals surface area contributed by atoms with Crippen molar-refractivity contribution in [2.24, 2.45) is 0 Å². The van der Waals surface area contributed by atoms with Crippen LogP contribution < -0.4 is 0 Å². The molecule has 43 heavy (non-hydrogen) atoms. The number of aromatic nitrogens is 2. The van der Waals surface area contributed by atoms with Crippen LogP contribution in [-0.2, 0) is 6.42 Å². The second kappa shape index (κ2) is 9.72. The maximum atomic E-state index is 2.42. The summed E-state index contributed by atoms with van der Waals surface area (Å²) in [5.41, 5.74) is 11.4. The van der Waals surface area contributed by atoms with Gasteiger partial charge in [-0.2, -0.15) is 0 Å². The molecular weight excluding hydrogens is 541 g/mol. The van der Waals surface area contributed by atoms with Gasteiger partial charge >= 0.3 is 0 Å². The number of para-hydroxylation sites is 3. The van der Waals surface area contributed by atoms with E-state index in [0.29, 0.717) is 0 Å². The predicted molar refractivity (Wildman–Crippen MR) is 184 cm³/mol. The molecule has 0 atom stereocenters. The Hall–Kier alpha value is -5.12. The molecule has 2 nitrogen and oxygen atoms in total. The smallest absolute Gasteiger partial charge is 0.0541 e. The molecule has 0 amide bonds. The van der Waals surface area contributed by atoms with Crippen molar-refractivity contribution in [3.63, 3.8) is 0 Å². The number of hydrogen-bond acceptors (Lipinski definition) is 1. The zero-order valence-corrected chi connectivity index (χ0v) is 24.4. The second-order valence-corrected chi connectivity index (χ2v) is 12.4. The number of allylic oxidation sites excluding steroid dienone is 1. The standard InChI is InChI=1S/C40H28N2S/c1-5-13-35-31(9-1)32-10-2-6-14-36(32)41(35)29-21-17-27(18-22-29)39-25-26-40(43-39)28-19-23-30(24-20-28)42-37-15-7-3-11-33(37)34-12-4-8-16-38(34)42/h1-3,5-11,13-26H,4,12H2. The summed E-state index contributed by atoms with van der Waals surface area (Å²) in [5, 5.41) is 3.95. The number of rotatable bonds is 4. The van der Waals surface area contributed by atoms with Gasteiger partial charge in [0.05, 0.1) is 16.6 Å². The highest BCUT2D eigenvalue weighted by atomic mass is 32.1.